The maximum atomic E-state index is 12.2. The predicted octanol–water partition coefficient (Wildman–Crippen LogP) is 1.67. The van der Waals surface area contributed by atoms with Gasteiger partial charge in [0.05, 0.1) is 17.4 Å². The van der Waals surface area contributed by atoms with Crippen LogP contribution in [0.3, 0.4) is 0 Å². The molecule has 5 heteroatoms. The summed E-state index contributed by atoms with van der Waals surface area (Å²) in [5.41, 5.74) is 6.00. The fourth-order valence-electron chi connectivity index (χ4n) is 2.49. The first-order chi connectivity index (χ1) is 9.37. The molecule has 1 fully saturated rings. The number of hydrogen-bond acceptors (Lipinski definition) is 4. The summed E-state index contributed by atoms with van der Waals surface area (Å²) in [6.45, 7) is 7.10. The normalized spacial score (nSPS) is 21.6. The van der Waals surface area contributed by atoms with E-state index in [0.29, 0.717) is 24.5 Å². The third-order valence-corrected chi connectivity index (χ3v) is 3.19. The molecule has 0 saturated carbocycles. The predicted molar refractivity (Wildman–Crippen MR) is 77.6 cm³/mol. The van der Waals surface area contributed by atoms with Gasteiger partial charge in [-0.1, -0.05) is 12.1 Å². The minimum atomic E-state index is -0.320. The van der Waals surface area contributed by atoms with E-state index in [1.165, 1.54) is 0 Å². The van der Waals surface area contributed by atoms with Crippen molar-refractivity contribution < 1.29 is 14.3 Å². The fourth-order valence-corrected chi connectivity index (χ4v) is 2.49. The lowest BCUT2D eigenvalue weighted by atomic mass is 10.1. The molecule has 110 valence electrons. The number of nitrogens with two attached hydrogens (primary N) is 1. The van der Waals surface area contributed by atoms with Crippen molar-refractivity contribution in [2.45, 2.75) is 32.5 Å². The van der Waals surface area contributed by atoms with Gasteiger partial charge >= 0.3 is 0 Å². The quantitative estimate of drug-likeness (QED) is 0.854. The maximum Gasteiger partial charge on any atom is 0.260 e. The van der Waals surface area contributed by atoms with Crippen molar-refractivity contribution in [1.29, 1.82) is 0 Å². The topological polar surface area (TPSA) is 64.8 Å². The monoisotopic (exact) mass is 278 g/mol. The van der Waals surface area contributed by atoms with Crippen molar-refractivity contribution in [2.24, 2.45) is 0 Å². The van der Waals surface area contributed by atoms with E-state index in [1.807, 2.05) is 32.9 Å². The van der Waals surface area contributed by atoms with E-state index in [1.54, 1.807) is 17.0 Å². The maximum absolute atomic E-state index is 12.2. The Hall–Kier alpha value is -1.75. The molecule has 1 aliphatic rings. The molecule has 5 nitrogen and oxygen atoms in total. The number of ether oxygens (including phenoxy) is 2. The summed E-state index contributed by atoms with van der Waals surface area (Å²) in [4.78, 5) is 14.0. The number of hydrogen-bond donors (Lipinski definition) is 1. The van der Waals surface area contributed by atoms with Gasteiger partial charge in [0.1, 0.15) is 5.75 Å². The number of carbonyl (C=O) groups is 1. The minimum absolute atomic E-state index is 0.00296. The lowest BCUT2D eigenvalue weighted by molar-refractivity contribution is -0.159. The zero-order chi connectivity index (χ0) is 14.8. The van der Waals surface area contributed by atoms with Gasteiger partial charge in [0, 0.05) is 13.1 Å². The van der Waals surface area contributed by atoms with Gasteiger partial charge in [-0.2, -0.15) is 0 Å². The van der Waals surface area contributed by atoms with Crippen LogP contribution < -0.4 is 10.5 Å². The lowest BCUT2D eigenvalue weighted by Gasteiger charge is -2.41. The van der Waals surface area contributed by atoms with Gasteiger partial charge in [-0.3, -0.25) is 4.79 Å². The van der Waals surface area contributed by atoms with E-state index in [-0.39, 0.29) is 24.2 Å². The smallest absolute Gasteiger partial charge is 0.260 e. The Morgan fingerprint density at radius 1 is 1.50 bits per heavy atom. The van der Waals surface area contributed by atoms with Crippen molar-refractivity contribution in [1.82, 2.24) is 4.90 Å². The number of nitrogens with zero attached hydrogens (tertiary/aromatic N) is 1. The van der Waals surface area contributed by atoms with Crippen LogP contribution in [0.2, 0.25) is 0 Å². The highest BCUT2D eigenvalue weighted by atomic mass is 16.5. The molecule has 0 spiro atoms. The minimum Gasteiger partial charge on any atom is -0.482 e. The van der Waals surface area contributed by atoms with Gasteiger partial charge in [-0.05, 0) is 32.9 Å². The van der Waals surface area contributed by atoms with Crippen molar-refractivity contribution in [3.05, 3.63) is 24.3 Å². The summed E-state index contributed by atoms with van der Waals surface area (Å²) in [6, 6.07) is 7.17. The third-order valence-electron chi connectivity index (χ3n) is 3.19. The highest BCUT2D eigenvalue weighted by Crippen LogP contribution is 2.22. The standard InChI is InChI=1S/C15H22N2O3/c1-11-8-17(10-15(2,3)20-11)14(18)9-19-13-7-5-4-6-12(13)16/h4-7,11H,8-10,16H2,1-3H3. The second-order valence-electron chi connectivity index (χ2n) is 5.79. The molecule has 1 aliphatic heterocycles. The van der Waals surface area contributed by atoms with Crippen LogP contribution in [0.5, 0.6) is 5.75 Å². The zero-order valence-corrected chi connectivity index (χ0v) is 12.3. The number of rotatable bonds is 3. The molecule has 0 aliphatic carbocycles. The van der Waals surface area contributed by atoms with Crippen molar-refractivity contribution in [2.75, 3.05) is 25.4 Å². The summed E-state index contributed by atoms with van der Waals surface area (Å²) in [7, 11) is 0. The molecule has 1 aromatic carbocycles. The molecule has 0 bridgehead atoms. The highest BCUT2D eigenvalue weighted by molar-refractivity contribution is 5.78. The van der Waals surface area contributed by atoms with Crippen LogP contribution in [-0.4, -0.2) is 42.2 Å². The van der Waals surface area contributed by atoms with Crippen LogP contribution >= 0.6 is 0 Å². The molecule has 2 N–H and O–H groups in total. The summed E-state index contributed by atoms with van der Waals surface area (Å²) >= 11 is 0. The Labute approximate surface area is 119 Å². The van der Waals surface area contributed by atoms with E-state index in [4.69, 9.17) is 15.2 Å². The Bertz CT molecular complexity index is 488. The van der Waals surface area contributed by atoms with E-state index in [9.17, 15) is 4.79 Å². The molecular weight excluding hydrogens is 256 g/mol. The second-order valence-corrected chi connectivity index (χ2v) is 5.79. The Morgan fingerprint density at radius 3 is 2.85 bits per heavy atom. The van der Waals surface area contributed by atoms with Crippen LogP contribution in [-0.2, 0) is 9.53 Å². The highest BCUT2D eigenvalue weighted by Gasteiger charge is 2.33. The van der Waals surface area contributed by atoms with Gasteiger partial charge in [-0.15, -0.1) is 0 Å². The number of amides is 1. The molecular formula is C15H22N2O3. The number of benzene rings is 1. The van der Waals surface area contributed by atoms with Crippen molar-refractivity contribution >= 4 is 11.6 Å². The Kier molecular flexibility index (Phi) is 4.18. The first kappa shape index (κ1) is 14.7. The van der Waals surface area contributed by atoms with Crippen LogP contribution in [0, 0.1) is 0 Å². The van der Waals surface area contributed by atoms with E-state index < -0.39 is 0 Å². The third kappa shape index (κ3) is 3.63. The molecule has 1 aromatic rings. The average molecular weight is 278 g/mol. The molecule has 1 amide bonds. The summed E-state index contributed by atoms with van der Waals surface area (Å²) in [5, 5.41) is 0. The first-order valence-electron chi connectivity index (χ1n) is 6.80. The van der Waals surface area contributed by atoms with Crippen LogP contribution in [0.1, 0.15) is 20.8 Å². The number of para-hydroxylation sites is 2. The molecule has 1 saturated heterocycles. The Morgan fingerprint density at radius 2 is 2.20 bits per heavy atom. The molecule has 1 atom stereocenters. The van der Waals surface area contributed by atoms with Gasteiger partial charge in [0.15, 0.2) is 6.61 Å². The summed E-state index contributed by atoms with van der Waals surface area (Å²) < 4.78 is 11.3. The van der Waals surface area contributed by atoms with Crippen LogP contribution in [0.4, 0.5) is 5.69 Å². The van der Waals surface area contributed by atoms with E-state index >= 15 is 0 Å². The average Bonchev–Trinajstić information content (AvgIpc) is 2.35. The zero-order valence-electron chi connectivity index (χ0n) is 12.3. The second kappa shape index (κ2) is 5.71. The van der Waals surface area contributed by atoms with Gasteiger partial charge in [0.2, 0.25) is 0 Å². The van der Waals surface area contributed by atoms with Crippen LogP contribution in [0.15, 0.2) is 24.3 Å². The van der Waals surface area contributed by atoms with E-state index in [2.05, 4.69) is 0 Å². The molecule has 0 radical (unpaired) electrons. The molecule has 2 rings (SSSR count). The molecule has 1 heterocycles. The van der Waals surface area contributed by atoms with Crippen LogP contribution in [0.25, 0.3) is 0 Å². The van der Waals surface area contributed by atoms with Gasteiger partial charge in [0.25, 0.3) is 5.91 Å². The Balaban J connectivity index is 1.93. The molecule has 0 aromatic heterocycles. The fraction of sp³-hybridized carbons (Fsp3) is 0.533. The molecule has 20 heavy (non-hydrogen) atoms. The van der Waals surface area contributed by atoms with E-state index in [0.717, 1.165) is 0 Å². The number of carbonyl (C=O) groups excluding carboxylic acids is 1. The summed E-state index contributed by atoms with van der Waals surface area (Å²) in [6.07, 6.45) is 0.0319. The molecule has 1 unspecified atom stereocenters. The largest absolute Gasteiger partial charge is 0.482 e. The lowest BCUT2D eigenvalue weighted by Crippen LogP contribution is -2.54. The number of morpholine rings is 1. The van der Waals surface area contributed by atoms with Crippen molar-refractivity contribution in [3.8, 4) is 5.75 Å². The first-order valence-corrected chi connectivity index (χ1v) is 6.80. The van der Waals surface area contributed by atoms with Gasteiger partial charge in [-0.25, -0.2) is 0 Å². The van der Waals surface area contributed by atoms with Gasteiger partial charge < -0.3 is 20.1 Å². The number of nitrogen functional groups attached to an aromatic ring is 1. The number of anilines is 1. The SMILES string of the molecule is CC1CN(C(=O)COc2ccccc2N)CC(C)(C)O1. The summed E-state index contributed by atoms with van der Waals surface area (Å²) in [5.74, 6) is 0.498. The van der Waals surface area contributed by atoms with Crippen molar-refractivity contribution in [3.63, 3.8) is 0 Å².